The van der Waals surface area contributed by atoms with Gasteiger partial charge in [0.1, 0.15) is 29.9 Å². The maximum absolute atomic E-state index is 15.6. The summed E-state index contributed by atoms with van der Waals surface area (Å²) in [6, 6.07) is 19.6. The van der Waals surface area contributed by atoms with Gasteiger partial charge in [0, 0.05) is 84.3 Å². The molecule has 21 heteroatoms. The summed E-state index contributed by atoms with van der Waals surface area (Å²) in [6.45, 7) is -0.651. The predicted molar refractivity (Wildman–Crippen MR) is 271 cm³/mol. The van der Waals surface area contributed by atoms with Gasteiger partial charge in [-0.2, -0.15) is 0 Å². The Morgan fingerprint density at radius 2 is 1.68 bits per heavy atom. The Balaban J connectivity index is 1.04. The fourth-order valence-corrected chi connectivity index (χ4v) is 13.9. The zero-order chi connectivity index (χ0) is 53.6. The van der Waals surface area contributed by atoms with Gasteiger partial charge in [0.15, 0.2) is 23.1 Å². The van der Waals surface area contributed by atoms with Crippen LogP contribution in [0.4, 0.5) is 11.5 Å². The number of aromatic hydroxyl groups is 2. The number of carboxylic acids is 1. The molecule has 76 heavy (non-hydrogen) atoms. The van der Waals surface area contributed by atoms with Gasteiger partial charge in [-0.15, -0.1) is 0 Å². The number of hydrogen-bond donors (Lipinski definition) is 15. The van der Waals surface area contributed by atoms with E-state index in [2.05, 4.69) is 20.3 Å². The van der Waals surface area contributed by atoms with E-state index < -0.39 is 107 Å². The topological polar surface area (TPSA) is 361 Å². The summed E-state index contributed by atoms with van der Waals surface area (Å²) in [5, 5.41) is 126. The van der Waals surface area contributed by atoms with Crippen LogP contribution in [0, 0.1) is 11.8 Å². The normalized spacial score (nSPS) is 34.7. The molecule has 15 unspecified atom stereocenters. The van der Waals surface area contributed by atoms with Crippen LogP contribution in [0.1, 0.15) is 89.9 Å². The Kier molecular flexibility index (Phi) is 13.2. The Bertz CT molecular complexity index is 3080. The van der Waals surface area contributed by atoms with Crippen LogP contribution < -0.4 is 20.7 Å². The molecule has 2 fully saturated rings. The number of aliphatic hydroxyl groups excluding tert-OH is 7. The van der Waals surface area contributed by atoms with E-state index in [0.29, 0.717) is 48.9 Å². The van der Waals surface area contributed by atoms with Gasteiger partial charge in [0.2, 0.25) is 0 Å². The Hall–Kier alpha value is -6.63. The van der Waals surface area contributed by atoms with Crippen LogP contribution in [-0.2, 0) is 19.7 Å². The number of phenolic OH excluding ortho intramolecular Hbond substituents is 2. The van der Waals surface area contributed by atoms with Crippen molar-refractivity contribution in [3.05, 3.63) is 136 Å². The van der Waals surface area contributed by atoms with Gasteiger partial charge in [-0.3, -0.25) is 9.69 Å². The molecule has 0 spiro atoms. The van der Waals surface area contributed by atoms with E-state index in [1.54, 1.807) is 24.7 Å². The summed E-state index contributed by atoms with van der Waals surface area (Å²) in [7, 11) is 0. The average molecular weight is 1050 g/mol. The lowest BCUT2D eigenvalue weighted by atomic mass is 9.59. The van der Waals surface area contributed by atoms with Crippen molar-refractivity contribution in [3.63, 3.8) is 0 Å². The second-order valence-electron chi connectivity index (χ2n) is 21.2. The Morgan fingerprint density at radius 1 is 0.908 bits per heavy atom. The number of hydrogen-bond acceptors (Lipinski definition) is 17. The molecule has 0 bridgehead atoms. The average Bonchev–Trinajstić information content (AvgIpc) is 4.43. The number of phenols is 2. The number of carbonyl (C=O) groups is 2. The van der Waals surface area contributed by atoms with Crippen molar-refractivity contribution in [2.75, 3.05) is 30.0 Å². The molecule has 11 rings (SSSR count). The maximum Gasteiger partial charge on any atom is 0.355 e. The lowest BCUT2D eigenvalue weighted by Crippen LogP contribution is -2.67. The number of imidazole rings is 1. The Morgan fingerprint density at radius 3 is 2.38 bits per heavy atom. The van der Waals surface area contributed by atoms with Crippen molar-refractivity contribution < 1.29 is 75.2 Å². The number of nitrogens with two attached hydrogens (primary N) is 1. The highest BCUT2D eigenvalue weighted by Crippen LogP contribution is 2.70. The quantitative estimate of drug-likeness (QED) is 0.0454. The molecule has 0 radical (unpaired) electrons. The first-order valence-corrected chi connectivity index (χ1v) is 25.6. The monoisotopic (exact) mass is 1050 g/mol. The number of carbonyl (C=O) groups excluding carboxylic acids is 1. The lowest BCUT2D eigenvalue weighted by molar-refractivity contribution is -0.422. The minimum atomic E-state index is -3.23. The van der Waals surface area contributed by atoms with E-state index in [4.69, 9.17) is 15.2 Å². The number of amides is 1. The van der Waals surface area contributed by atoms with Gasteiger partial charge in [-0.05, 0) is 90.3 Å². The zero-order valence-electron chi connectivity index (χ0n) is 41.1. The second-order valence-corrected chi connectivity index (χ2v) is 21.2. The van der Waals surface area contributed by atoms with E-state index >= 15 is 4.79 Å². The number of nitrogens with zero attached hydrogens (tertiary/aromatic N) is 2. The molecule has 1 saturated carbocycles. The van der Waals surface area contributed by atoms with Gasteiger partial charge in [-0.1, -0.05) is 48.4 Å². The molecule has 3 aromatic carbocycles. The van der Waals surface area contributed by atoms with Crippen LogP contribution in [0.5, 0.6) is 17.2 Å². The third kappa shape index (κ3) is 7.86. The number of fused-ring (bicyclic) bond motifs is 5. The summed E-state index contributed by atoms with van der Waals surface area (Å²) in [5.41, 5.74) is 7.62. The molecule has 2 aliphatic heterocycles. The van der Waals surface area contributed by atoms with Crippen LogP contribution in [0.15, 0.2) is 103 Å². The number of anilines is 2. The standard InChI is InChI=1S/C55H62N6O15/c56-42-8-4-14-53(42,28-6-2-1-3-7-28)45-31-18-37(65)38(66)20-34(31)54(52(72)73)46(45)32-19-39(67)40(75-55(74)51(71)50(70)49(69)41(24-63)76-55)21-35(32)61(54)44(68)13-11-26-10-12-36(64)29(16-26)30-17-27(23-62)33(48-47(30)59-25-60-48)22-58-43-9-5-15-57-43/h1-3,5-7,9-13,15-16,19,21,25,27,30,33,37-38,41-42,45-46,49-51,57-58,62-67,69-71,74H,4,8,14,17-18,20,22-24,56H2,(H,59,60)(H,72,73). The van der Waals surface area contributed by atoms with Gasteiger partial charge >= 0.3 is 11.9 Å². The molecular weight excluding hydrogens is 985 g/mol. The highest BCUT2D eigenvalue weighted by Gasteiger charge is 2.73. The fraction of sp³-hybridized carbons (Fsp3) is 0.436. The molecular formula is C55H62N6O15. The SMILES string of the molecule is NC1CCCC1(c1ccccc1)C1C2=C(CC(O)C(O)C2)C2(C(=O)O)C1c1cc(O)c(OC3(O)OC(CO)C(O)C(O)C3O)cc1N2C(=O)C=Cc1ccc(O)c(C2CC(CO)C(CNc3ccc[nH]3)c3nc[nH]c32)c1. The van der Waals surface area contributed by atoms with Crippen molar-refractivity contribution in [3.8, 4) is 17.2 Å². The van der Waals surface area contributed by atoms with E-state index in [1.165, 1.54) is 18.2 Å². The van der Waals surface area contributed by atoms with Gasteiger partial charge in [-0.25, -0.2) is 9.78 Å². The maximum atomic E-state index is 15.6. The Labute approximate surface area is 435 Å². The molecule has 21 nitrogen and oxygen atoms in total. The molecule has 402 valence electrons. The lowest BCUT2D eigenvalue weighted by Gasteiger charge is -2.46. The largest absolute Gasteiger partial charge is 0.508 e. The molecule has 1 saturated heterocycles. The molecule has 6 aliphatic rings. The van der Waals surface area contributed by atoms with Crippen LogP contribution in [0.25, 0.3) is 6.08 Å². The number of aliphatic hydroxyl groups is 8. The number of aromatic amines is 2. The van der Waals surface area contributed by atoms with Crippen LogP contribution in [-0.4, -0.2) is 157 Å². The number of H-pyrrole nitrogens is 2. The number of carboxylic acid groups (broad SMARTS) is 1. The summed E-state index contributed by atoms with van der Waals surface area (Å²) in [5.74, 6) is -9.35. The van der Waals surface area contributed by atoms with E-state index in [1.807, 2.05) is 42.5 Å². The second kappa shape index (κ2) is 19.4. The number of rotatable bonds is 13. The minimum Gasteiger partial charge on any atom is -0.508 e. The zero-order valence-corrected chi connectivity index (χ0v) is 41.1. The number of ether oxygens (including phenoxy) is 2. The van der Waals surface area contributed by atoms with Crippen molar-refractivity contribution in [2.45, 2.75) is 116 Å². The smallest absolute Gasteiger partial charge is 0.355 e. The first-order chi connectivity index (χ1) is 36.5. The van der Waals surface area contributed by atoms with E-state index in [-0.39, 0.29) is 53.9 Å². The van der Waals surface area contributed by atoms with Crippen molar-refractivity contribution in [1.82, 2.24) is 15.0 Å². The first-order valence-electron chi connectivity index (χ1n) is 25.6. The molecule has 4 aliphatic carbocycles. The molecule has 1 amide bonds. The van der Waals surface area contributed by atoms with Crippen molar-refractivity contribution in [1.29, 1.82) is 0 Å². The van der Waals surface area contributed by atoms with Crippen LogP contribution >= 0.6 is 0 Å². The van der Waals surface area contributed by atoms with Crippen molar-refractivity contribution >= 4 is 29.5 Å². The molecule has 4 heterocycles. The molecule has 2 aromatic heterocycles. The van der Waals surface area contributed by atoms with E-state index in [9.17, 15) is 61.0 Å². The number of aliphatic carboxylic acids is 1. The summed E-state index contributed by atoms with van der Waals surface area (Å²) in [4.78, 5) is 42.6. The minimum absolute atomic E-state index is 0.0600. The highest BCUT2D eigenvalue weighted by molar-refractivity contribution is 6.14. The third-order valence-electron chi connectivity index (χ3n) is 17.4. The predicted octanol–water partition coefficient (Wildman–Crippen LogP) is 1.85. The highest BCUT2D eigenvalue weighted by atomic mass is 16.8. The van der Waals surface area contributed by atoms with Gasteiger partial charge < -0.3 is 86.7 Å². The van der Waals surface area contributed by atoms with Gasteiger partial charge in [0.05, 0.1) is 36.5 Å². The summed E-state index contributed by atoms with van der Waals surface area (Å²) >= 11 is 0. The summed E-state index contributed by atoms with van der Waals surface area (Å²) < 4.78 is 11.1. The van der Waals surface area contributed by atoms with Crippen LogP contribution in [0.2, 0.25) is 0 Å². The van der Waals surface area contributed by atoms with Crippen molar-refractivity contribution in [2.24, 2.45) is 17.6 Å². The molecule has 15 atom stereocenters. The summed E-state index contributed by atoms with van der Waals surface area (Å²) in [6.07, 6.45) is -3.33. The fourth-order valence-electron chi connectivity index (χ4n) is 13.9. The van der Waals surface area contributed by atoms with Gasteiger partial charge in [0.25, 0.3) is 5.91 Å². The third-order valence-corrected chi connectivity index (χ3v) is 17.4. The van der Waals surface area contributed by atoms with E-state index in [0.717, 1.165) is 39.8 Å². The molecule has 16 N–H and O–H groups in total. The number of nitrogens with one attached hydrogen (secondary N) is 3. The number of benzene rings is 3. The number of aromatic nitrogens is 3. The first kappa shape index (κ1) is 51.5. The molecule has 5 aromatic rings. The van der Waals surface area contributed by atoms with Crippen LogP contribution in [0.3, 0.4) is 0 Å².